The number of carbonyl (C=O) groups is 2. The van der Waals surface area contributed by atoms with Crippen LogP contribution in [0.3, 0.4) is 0 Å². The molecule has 7 heteroatoms. The van der Waals surface area contributed by atoms with Crippen LogP contribution in [0.2, 0.25) is 0 Å². The lowest BCUT2D eigenvalue weighted by molar-refractivity contribution is 0.0930. The van der Waals surface area contributed by atoms with Gasteiger partial charge in [0, 0.05) is 36.9 Å². The lowest BCUT2D eigenvalue weighted by atomic mass is 10.1. The summed E-state index contributed by atoms with van der Waals surface area (Å²) in [5.41, 5.74) is 1.45. The van der Waals surface area contributed by atoms with Crippen LogP contribution in [0.4, 0.5) is 10.5 Å². The molecule has 0 aliphatic carbocycles. The van der Waals surface area contributed by atoms with E-state index in [4.69, 9.17) is 0 Å². The molecule has 3 rings (SSSR count). The predicted molar refractivity (Wildman–Crippen MR) is 87.8 cm³/mol. The molecule has 1 atom stereocenters. The quantitative estimate of drug-likeness (QED) is 0.780. The maximum Gasteiger partial charge on any atom is 0.321 e. The van der Waals surface area contributed by atoms with E-state index in [1.165, 1.54) is 0 Å². The molecule has 0 bridgehead atoms. The second kappa shape index (κ2) is 7.47. The molecule has 0 aromatic heterocycles. The van der Waals surface area contributed by atoms with Gasteiger partial charge in [0.05, 0.1) is 0 Å². The van der Waals surface area contributed by atoms with Gasteiger partial charge in [-0.2, -0.15) is 0 Å². The van der Waals surface area contributed by atoms with Crippen LogP contribution < -0.4 is 20.9 Å². The van der Waals surface area contributed by atoms with Crippen molar-refractivity contribution < 1.29 is 9.59 Å². The summed E-state index contributed by atoms with van der Waals surface area (Å²) in [7, 11) is 0. The summed E-state index contributed by atoms with van der Waals surface area (Å²) >= 11 is 0. The van der Waals surface area contributed by atoms with Gasteiger partial charge in [-0.05, 0) is 43.7 Å². The maximum absolute atomic E-state index is 12.2. The monoisotopic (exact) mass is 324 g/mol. The van der Waals surface area contributed by atoms with Gasteiger partial charge in [-0.15, -0.1) is 12.4 Å². The van der Waals surface area contributed by atoms with E-state index in [2.05, 4.69) is 16.0 Å². The zero-order valence-corrected chi connectivity index (χ0v) is 13.1. The highest BCUT2D eigenvalue weighted by atomic mass is 35.5. The molecule has 0 saturated carbocycles. The smallest absolute Gasteiger partial charge is 0.321 e. The molecular weight excluding hydrogens is 304 g/mol. The Balaban J connectivity index is 0.00000176. The van der Waals surface area contributed by atoms with Crippen molar-refractivity contribution in [3.63, 3.8) is 0 Å². The first-order valence-electron chi connectivity index (χ1n) is 7.41. The van der Waals surface area contributed by atoms with E-state index in [1.807, 2.05) is 12.1 Å². The van der Waals surface area contributed by atoms with Gasteiger partial charge in [0.1, 0.15) is 0 Å². The van der Waals surface area contributed by atoms with Gasteiger partial charge >= 0.3 is 6.03 Å². The second-order valence-electron chi connectivity index (χ2n) is 5.45. The molecule has 1 aromatic carbocycles. The number of anilines is 1. The van der Waals surface area contributed by atoms with Gasteiger partial charge in [-0.25, -0.2) is 4.79 Å². The second-order valence-corrected chi connectivity index (χ2v) is 5.45. The molecule has 3 amide bonds. The average Bonchev–Trinajstić information content (AvgIpc) is 2.94. The summed E-state index contributed by atoms with van der Waals surface area (Å²) in [6.07, 6.45) is 2.11. The maximum atomic E-state index is 12.2. The van der Waals surface area contributed by atoms with Gasteiger partial charge < -0.3 is 16.0 Å². The van der Waals surface area contributed by atoms with E-state index in [0.29, 0.717) is 18.7 Å². The summed E-state index contributed by atoms with van der Waals surface area (Å²) < 4.78 is 0. The van der Waals surface area contributed by atoms with Crippen molar-refractivity contribution in [3.05, 3.63) is 29.8 Å². The van der Waals surface area contributed by atoms with Crippen LogP contribution in [-0.4, -0.2) is 44.2 Å². The van der Waals surface area contributed by atoms with Gasteiger partial charge in [-0.1, -0.05) is 0 Å². The third-order valence-electron chi connectivity index (χ3n) is 3.93. The minimum Gasteiger partial charge on any atom is -0.348 e. The lowest BCUT2D eigenvalue weighted by Crippen LogP contribution is -2.45. The van der Waals surface area contributed by atoms with Crippen LogP contribution >= 0.6 is 12.4 Å². The summed E-state index contributed by atoms with van der Waals surface area (Å²) in [4.78, 5) is 25.4. The Kier molecular flexibility index (Phi) is 5.63. The number of nitrogens with one attached hydrogen (secondary N) is 3. The van der Waals surface area contributed by atoms with E-state index in [9.17, 15) is 9.59 Å². The third kappa shape index (κ3) is 3.69. The van der Waals surface area contributed by atoms with Gasteiger partial charge in [-0.3, -0.25) is 9.69 Å². The number of piperidine rings is 1. The van der Waals surface area contributed by atoms with Gasteiger partial charge in [0.2, 0.25) is 0 Å². The predicted octanol–water partition coefficient (Wildman–Crippen LogP) is 1.12. The van der Waals surface area contributed by atoms with Crippen LogP contribution in [0.25, 0.3) is 0 Å². The zero-order valence-electron chi connectivity index (χ0n) is 12.3. The standard InChI is InChI=1S/C15H20N4O2.ClH/c20-14(18-12-2-1-7-16-10-12)11-3-5-13(6-4-11)19-9-8-17-15(19)21;/h3-6,12,16H,1-2,7-10H2,(H,17,21)(H,18,20);1H/t12-;/m0./s1. The Labute approximate surface area is 136 Å². The first-order chi connectivity index (χ1) is 10.2. The van der Waals surface area contributed by atoms with Crippen LogP contribution in [0, 0.1) is 0 Å². The van der Waals surface area contributed by atoms with Gasteiger partial charge in [0.15, 0.2) is 0 Å². The summed E-state index contributed by atoms with van der Waals surface area (Å²) in [5, 5.41) is 9.08. The number of benzene rings is 1. The Hall–Kier alpha value is -1.79. The van der Waals surface area contributed by atoms with Crippen molar-refractivity contribution in [2.45, 2.75) is 18.9 Å². The normalized spacial score (nSPS) is 21.0. The van der Waals surface area contributed by atoms with Crippen molar-refractivity contribution in [2.75, 3.05) is 31.1 Å². The molecule has 120 valence electrons. The highest BCUT2D eigenvalue weighted by Crippen LogP contribution is 2.17. The van der Waals surface area contributed by atoms with E-state index in [-0.39, 0.29) is 30.4 Å². The van der Waals surface area contributed by atoms with Crippen molar-refractivity contribution in [2.24, 2.45) is 0 Å². The Bertz CT molecular complexity index is 529. The lowest BCUT2D eigenvalue weighted by Gasteiger charge is -2.23. The summed E-state index contributed by atoms with van der Waals surface area (Å²) in [5.74, 6) is -0.0545. The minimum absolute atomic E-state index is 0. The molecule has 0 unspecified atom stereocenters. The number of hydrogen-bond donors (Lipinski definition) is 3. The summed E-state index contributed by atoms with van der Waals surface area (Å²) in [6, 6.07) is 7.30. The first-order valence-corrected chi connectivity index (χ1v) is 7.41. The number of amides is 3. The number of nitrogens with zero attached hydrogens (tertiary/aromatic N) is 1. The van der Waals surface area contributed by atoms with Crippen LogP contribution in [-0.2, 0) is 0 Å². The molecule has 2 heterocycles. The van der Waals surface area contributed by atoms with E-state index in [1.54, 1.807) is 17.0 Å². The molecule has 22 heavy (non-hydrogen) atoms. The fourth-order valence-corrected chi connectivity index (χ4v) is 2.75. The molecule has 2 fully saturated rings. The molecular formula is C15H21ClN4O2. The molecule has 2 aliphatic heterocycles. The SMILES string of the molecule is Cl.O=C(N[C@H]1CCCNC1)c1ccc(N2CCNC2=O)cc1. The van der Waals surface area contributed by atoms with Crippen LogP contribution in [0.5, 0.6) is 0 Å². The molecule has 2 saturated heterocycles. The largest absolute Gasteiger partial charge is 0.348 e. The summed E-state index contributed by atoms with van der Waals surface area (Å²) in [6.45, 7) is 3.19. The molecule has 0 radical (unpaired) electrons. The van der Waals surface area contributed by atoms with Crippen molar-refractivity contribution in [1.82, 2.24) is 16.0 Å². The number of hydrogen-bond acceptors (Lipinski definition) is 3. The topological polar surface area (TPSA) is 73.5 Å². The minimum atomic E-state index is -0.0829. The molecule has 3 N–H and O–H groups in total. The highest BCUT2D eigenvalue weighted by molar-refractivity contribution is 5.97. The van der Waals surface area contributed by atoms with Crippen molar-refractivity contribution >= 4 is 30.0 Å². The number of carbonyl (C=O) groups excluding carboxylic acids is 2. The van der Waals surface area contributed by atoms with E-state index >= 15 is 0 Å². The van der Waals surface area contributed by atoms with Crippen LogP contribution in [0.15, 0.2) is 24.3 Å². The Morgan fingerprint density at radius 3 is 2.59 bits per heavy atom. The zero-order chi connectivity index (χ0) is 14.7. The average molecular weight is 325 g/mol. The molecule has 6 nitrogen and oxygen atoms in total. The third-order valence-corrected chi connectivity index (χ3v) is 3.93. The fraction of sp³-hybridized carbons (Fsp3) is 0.467. The number of rotatable bonds is 3. The number of halogens is 1. The van der Waals surface area contributed by atoms with E-state index < -0.39 is 0 Å². The molecule has 1 aromatic rings. The Morgan fingerprint density at radius 1 is 1.23 bits per heavy atom. The van der Waals surface area contributed by atoms with Crippen LogP contribution in [0.1, 0.15) is 23.2 Å². The van der Waals surface area contributed by atoms with Crippen molar-refractivity contribution in [1.29, 1.82) is 0 Å². The first kappa shape index (κ1) is 16.6. The van der Waals surface area contributed by atoms with E-state index in [0.717, 1.165) is 31.6 Å². The Morgan fingerprint density at radius 2 is 2.00 bits per heavy atom. The van der Waals surface area contributed by atoms with Gasteiger partial charge in [0.25, 0.3) is 5.91 Å². The molecule has 2 aliphatic rings. The molecule has 0 spiro atoms. The van der Waals surface area contributed by atoms with Crippen molar-refractivity contribution in [3.8, 4) is 0 Å². The highest BCUT2D eigenvalue weighted by Gasteiger charge is 2.21. The fourth-order valence-electron chi connectivity index (χ4n) is 2.75. The number of urea groups is 1.